The summed E-state index contributed by atoms with van der Waals surface area (Å²) in [6, 6.07) is 11.2. The van der Waals surface area contributed by atoms with Crippen molar-refractivity contribution in [1.29, 1.82) is 0 Å². The van der Waals surface area contributed by atoms with E-state index in [1.54, 1.807) is 33.1 Å². The van der Waals surface area contributed by atoms with Crippen molar-refractivity contribution < 1.29 is 9.13 Å². The van der Waals surface area contributed by atoms with Gasteiger partial charge in [0.15, 0.2) is 0 Å². The van der Waals surface area contributed by atoms with Crippen LogP contribution in [0.1, 0.15) is 27.6 Å². The number of methoxy groups -OCH3 is 1. The third-order valence-electron chi connectivity index (χ3n) is 3.16. The maximum Gasteiger partial charge on any atom is 0.129 e. The summed E-state index contributed by atoms with van der Waals surface area (Å²) < 4.78 is 18.7. The van der Waals surface area contributed by atoms with E-state index in [1.165, 1.54) is 0 Å². The van der Waals surface area contributed by atoms with Crippen molar-refractivity contribution >= 4 is 11.6 Å². The Morgan fingerprint density at radius 2 is 1.53 bits per heavy atom. The molecule has 0 aromatic heterocycles. The zero-order chi connectivity index (χ0) is 14.0. The average Bonchev–Trinajstić information content (AvgIpc) is 2.43. The molecule has 1 atom stereocenters. The first kappa shape index (κ1) is 13.9. The number of rotatable bonds is 3. The van der Waals surface area contributed by atoms with Gasteiger partial charge in [0.25, 0.3) is 0 Å². The molecule has 0 amide bonds. The fourth-order valence-electron chi connectivity index (χ4n) is 2.09. The summed E-state index contributed by atoms with van der Waals surface area (Å²) in [6.45, 7) is 3.51. The summed E-state index contributed by atoms with van der Waals surface area (Å²) in [6.07, 6.45) is 0. The molecule has 2 rings (SSSR count). The Bertz CT molecular complexity index is 555. The molecule has 0 bridgehead atoms. The van der Waals surface area contributed by atoms with Crippen LogP contribution >= 0.6 is 11.6 Å². The highest BCUT2D eigenvalue weighted by Crippen LogP contribution is 2.31. The molecule has 0 aliphatic carbocycles. The number of ether oxygens (including phenoxy) is 1. The molecule has 1 unspecified atom stereocenters. The van der Waals surface area contributed by atoms with Gasteiger partial charge in [-0.05, 0) is 48.2 Å². The van der Waals surface area contributed by atoms with E-state index >= 15 is 0 Å². The molecule has 3 heteroatoms. The van der Waals surface area contributed by atoms with Crippen LogP contribution < -0.4 is 4.74 Å². The lowest BCUT2D eigenvalue weighted by molar-refractivity contribution is 0.414. The topological polar surface area (TPSA) is 9.23 Å². The van der Waals surface area contributed by atoms with Gasteiger partial charge in [0.1, 0.15) is 11.6 Å². The van der Waals surface area contributed by atoms with Gasteiger partial charge in [-0.2, -0.15) is 0 Å². The summed E-state index contributed by atoms with van der Waals surface area (Å²) >= 11 is 6.46. The summed E-state index contributed by atoms with van der Waals surface area (Å²) in [7, 11) is 1.62. The third-order valence-corrected chi connectivity index (χ3v) is 3.66. The van der Waals surface area contributed by atoms with E-state index in [-0.39, 0.29) is 11.2 Å². The predicted molar refractivity (Wildman–Crippen MR) is 76.6 cm³/mol. The highest BCUT2D eigenvalue weighted by Gasteiger charge is 2.14. The van der Waals surface area contributed by atoms with E-state index in [9.17, 15) is 4.39 Å². The second-order valence-corrected chi connectivity index (χ2v) is 5.04. The highest BCUT2D eigenvalue weighted by atomic mass is 35.5. The van der Waals surface area contributed by atoms with Crippen LogP contribution in [0.25, 0.3) is 0 Å². The van der Waals surface area contributed by atoms with Crippen LogP contribution in [-0.2, 0) is 0 Å². The zero-order valence-electron chi connectivity index (χ0n) is 11.2. The van der Waals surface area contributed by atoms with Crippen molar-refractivity contribution in [3.8, 4) is 5.75 Å². The lowest BCUT2D eigenvalue weighted by Gasteiger charge is -2.13. The maximum absolute atomic E-state index is 13.6. The molecular formula is C16H16ClFO. The summed E-state index contributed by atoms with van der Waals surface area (Å²) in [4.78, 5) is 0. The first-order valence-electron chi connectivity index (χ1n) is 6.07. The van der Waals surface area contributed by atoms with Gasteiger partial charge in [0, 0.05) is 0 Å². The van der Waals surface area contributed by atoms with Crippen molar-refractivity contribution in [3.05, 3.63) is 64.5 Å². The summed E-state index contributed by atoms with van der Waals surface area (Å²) in [5, 5.41) is -0.288. The van der Waals surface area contributed by atoms with Crippen LogP contribution in [0.15, 0.2) is 36.4 Å². The fraction of sp³-hybridized carbons (Fsp3) is 0.250. The molecule has 1 nitrogen and oxygen atoms in total. The molecule has 0 N–H and O–H groups in total. The molecule has 2 aromatic rings. The molecule has 0 spiro atoms. The van der Waals surface area contributed by atoms with Gasteiger partial charge in [-0.3, -0.25) is 0 Å². The van der Waals surface area contributed by atoms with Crippen LogP contribution in [0.2, 0.25) is 0 Å². The normalized spacial score (nSPS) is 12.3. The molecule has 2 aromatic carbocycles. The van der Waals surface area contributed by atoms with Crippen molar-refractivity contribution in [3.63, 3.8) is 0 Å². The van der Waals surface area contributed by atoms with E-state index in [1.807, 2.05) is 24.3 Å². The number of hydrogen-bond acceptors (Lipinski definition) is 1. The number of benzene rings is 2. The van der Waals surface area contributed by atoms with E-state index in [4.69, 9.17) is 16.3 Å². The Hall–Kier alpha value is -1.54. The minimum atomic E-state index is -0.288. The van der Waals surface area contributed by atoms with Gasteiger partial charge in [-0.1, -0.05) is 24.3 Å². The fourth-order valence-corrected chi connectivity index (χ4v) is 2.36. The molecule has 0 fully saturated rings. The number of aryl methyl sites for hydroxylation is 2. The van der Waals surface area contributed by atoms with Gasteiger partial charge in [0.05, 0.1) is 12.5 Å². The minimum absolute atomic E-state index is 0.164. The molecule has 0 radical (unpaired) electrons. The molecule has 0 aliphatic rings. The first-order valence-corrected chi connectivity index (χ1v) is 6.51. The van der Waals surface area contributed by atoms with Crippen molar-refractivity contribution in [2.45, 2.75) is 19.2 Å². The van der Waals surface area contributed by atoms with E-state index in [0.29, 0.717) is 11.1 Å². The Labute approximate surface area is 118 Å². The summed E-state index contributed by atoms with van der Waals surface area (Å²) in [5.74, 6) is 0.626. The number of halogens is 2. The maximum atomic E-state index is 13.6. The van der Waals surface area contributed by atoms with Crippen molar-refractivity contribution in [2.24, 2.45) is 0 Å². The van der Waals surface area contributed by atoms with Crippen LogP contribution in [-0.4, -0.2) is 7.11 Å². The first-order chi connectivity index (χ1) is 9.02. The van der Waals surface area contributed by atoms with Gasteiger partial charge >= 0.3 is 0 Å². The second-order valence-electron chi connectivity index (χ2n) is 4.60. The van der Waals surface area contributed by atoms with E-state index in [0.717, 1.165) is 16.9 Å². The molecular weight excluding hydrogens is 263 g/mol. The van der Waals surface area contributed by atoms with Crippen LogP contribution in [0.4, 0.5) is 4.39 Å². The van der Waals surface area contributed by atoms with Crippen LogP contribution in [0.5, 0.6) is 5.75 Å². The van der Waals surface area contributed by atoms with E-state index in [2.05, 4.69) is 0 Å². The highest BCUT2D eigenvalue weighted by molar-refractivity contribution is 6.22. The molecule has 100 valence electrons. The standard InChI is InChI=1S/C16H16ClFO/c1-10-8-13(9-11(2)16(10)18)15(17)12-4-6-14(19-3)7-5-12/h4-9,15H,1-3H3. The zero-order valence-corrected chi connectivity index (χ0v) is 12.0. The lowest BCUT2D eigenvalue weighted by Crippen LogP contribution is -1.98. The number of alkyl halides is 1. The van der Waals surface area contributed by atoms with Gasteiger partial charge in [-0.25, -0.2) is 4.39 Å². The molecule has 0 saturated heterocycles. The largest absolute Gasteiger partial charge is 0.497 e. The smallest absolute Gasteiger partial charge is 0.129 e. The molecule has 0 aliphatic heterocycles. The van der Waals surface area contributed by atoms with E-state index < -0.39 is 0 Å². The monoisotopic (exact) mass is 278 g/mol. The van der Waals surface area contributed by atoms with Gasteiger partial charge < -0.3 is 4.74 Å². The minimum Gasteiger partial charge on any atom is -0.497 e. The average molecular weight is 279 g/mol. The Kier molecular flexibility index (Phi) is 4.11. The quantitative estimate of drug-likeness (QED) is 0.734. The Morgan fingerprint density at radius 3 is 2.00 bits per heavy atom. The van der Waals surface area contributed by atoms with Gasteiger partial charge in [-0.15, -0.1) is 11.6 Å². The van der Waals surface area contributed by atoms with Crippen LogP contribution in [0, 0.1) is 19.7 Å². The SMILES string of the molecule is COc1ccc(C(Cl)c2cc(C)c(F)c(C)c2)cc1. The third kappa shape index (κ3) is 2.90. The Morgan fingerprint density at radius 1 is 1.00 bits per heavy atom. The molecule has 0 heterocycles. The Balaban J connectivity index is 2.35. The molecule has 0 saturated carbocycles. The van der Waals surface area contributed by atoms with Crippen LogP contribution in [0.3, 0.4) is 0 Å². The van der Waals surface area contributed by atoms with Crippen molar-refractivity contribution in [1.82, 2.24) is 0 Å². The summed E-state index contributed by atoms with van der Waals surface area (Å²) in [5.41, 5.74) is 3.11. The number of hydrogen-bond donors (Lipinski definition) is 0. The lowest BCUT2D eigenvalue weighted by atomic mass is 9.99. The second kappa shape index (κ2) is 5.62. The molecule has 19 heavy (non-hydrogen) atoms. The predicted octanol–water partition coefficient (Wildman–Crippen LogP) is 4.78. The van der Waals surface area contributed by atoms with Gasteiger partial charge in [0.2, 0.25) is 0 Å². The van der Waals surface area contributed by atoms with Crippen molar-refractivity contribution in [2.75, 3.05) is 7.11 Å².